The van der Waals surface area contributed by atoms with E-state index in [4.69, 9.17) is 5.26 Å². The Balaban J connectivity index is 1.88. The summed E-state index contributed by atoms with van der Waals surface area (Å²) in [6.45, 7) is 0.637. The summed E-state index contributed by atoms with van der Waals surface area (Å²) < 4.78 is 4.61. The highest BCUT2D eigenvalue weighted by Gasteiger charge is 2.49. The molecule has 1 N–H and O–H groups in total. The van der Waals surface area contributed by atoms with E-state index in [-0.39, 0.29) is 0 Å². The first kappa shape index (κ1) is 16.5. The number of benzene rings is 2. The minimum atomic E-state index is -1.27. The molecule has 1 fully saturated rings. The molecule has 3 rings (SSSR count). The Morgan fingerprint density at radius 2 is 1.96 bits per heavy atom. The summed E-state index contributed by atoms with van der Waals surface area (Å²) in [4.78, 5) is 37.3. The summed E-state index contributed by atoms with van der Waals surface area (Å²) in [5.41, 5.74) is -0.645. The number of nitrogens with one attached hydrogen (secondary N) is 1. The average Bonchev–Trinajstić information content (AvgIpc) is 2.83. The monoisotopic (exact) mass is 337 g/mol. The lowest BCUT2D eigenvalue weighted by Gasteiger charge is -2.22. The van der Waals surface area contributed by atoms with Crippen LogP contribution in [0.2, 0.25) is 0 Å². The van der Waals surface area contributed by atoms with E-state index in [9.17, 15) is 14.4 Å². The number of nitrogens with zero attached hydrogens (tertiary/aromatic N) is 2. The van der Waals surface area contributed by atoms with Crippen LogP contribution in [0.15, 0.2) is 42.5 Å². The second-order valence-corrected chi connectivity index (χ2v) is 5.83. The van der Waals surface area contributed by atoms with Crippen molar-refractivity contribution in [2.45, 2.75) is 12.5 Å². The van der Waals surface area contributed by atoms with Crippen LogP contribution in [0.3, 0.4) is 0 Å². The molecule has 3 amide bonds. The van der Waals surface area contributed by atoms with Gasteiger partial charge in [-0.15, -0.1) is 0 Å². The second kappa shape index (κ2) is 6.24. The third-order valence-corrected chi connectivity index (χ3v) is 4.19. The van der Waals surface area contributed by atoms with Crippen molar-refractivity contribution >= 4 is 28.7 Å². The average molecular weight is 337 g/mol. The Hall–Kier alpha value is -3.40. The van der Waals surface area contributed by atoms with Crippen molar-refractivity contribution in [3.05, 3.63) is 48.0 Å². The van der Waals surface area contributed by atoms with Crippen molar-refractivity contribution in [2.75, 3.05) is 13.2 Å². The Bertz CT molecular complexity index is 918. The van der Waals surface area contributed by atoms with E-state index in [2.05, 4.69) is 10.1 Å². The maximum absolute atomic E-state index is 12.8. The SMILES string of the molecule is C[C@]1(c2ccc3ccccc3c2)NC(=O)N(CC(=O)OCC#N)C1=O. The number of hydrogen-bond donors (Lipinski definition) is 1. The predicted molar refractivity (Wildman–Crippen MR) is 88.1 cm³/mol. The molecular formula is C18H15N3O4. The van der Waals surface area contributed by atoms with Crippen LogP contribution >= 0.6 is 0 Å². The number of nitriles is 1. The lowest BCUT2D eigenvalue weighted by atomic mass is 9.90. The van der Waals surface area contributed by atoms with Crippen LogP contribution in [0.1, 0.15) is 12.5 Å². The summed E-state index contributed by atoms with van der Waals surface area (Å²) in [5.74, 6) is -1.35. The standard InChI is InChI=1S/C18H15N3O4/c1-18(14-7-6-12-4-2-3-5-13(12)10-14)16(23)21(17(24)20-18)11-15(22)25-9-8-19/h2-7,10H,9,11H2,1H3,(H,20,24)/t18-/m1/s1. The fourth-order valence-electron chi connectivity index (χ4n) is 2.82. The van der Waals surface area contributed by atoms with Crippen molar-refractivity contribution in [3.63, 3.8) is 0 Å². The minimum Gasteiger partial charge on any atom is -0.449 e. The second-order valence-electron chi connectivity index (χ2n) is 5.83. The molecule has 7 nitrogen and oxygen atoms in total. The summed E-state index contributed by atoms with van der Waals surface area (Å²) in [7, 11) is 0. The number of ether oxygens (including phenoxy) is 1. The number of esters is 1. The molecule has 0 saturated carbocycles. The van der Waals surface area contributed by atoms with Gasteiger partial charge in [0.1, 0.15) is 18.2 Å². The summed E-state index contributed by atoms with van der Waals surface area (Å²) in [6.07, 6.45) is 0. The van der Waals surface area contributed by atoms with E-state index >= 15 is 0 Å². The van der Waals surface area contributed by atoms with Gasteiger partial charge in [0.25, 0.3) is 5.91 Å². The molecule has 1 aliphatic heterocycles. The maximum Gasteiger partial charge on any atom is 0.327 e. The van der Waals surface area contributed by atoms with E-state index in [1.165, 1.54) is 0 Å². The number of amides is 3. The van der Waals surface area contributed by atoms with Gasteiger partial charge in [0, 0.05) is 0 Å². The van der Waals surface area contributed by atoms with E-state index in [0.717, 1.165) is 15.7 Å². The van der Waals surface area contributed by atoms with Gasteiger partial charge in [-0.05, 0) is 29.3 Å². The van der Waals surface area contributed by atoms with E-state index in [1.807, 2.05) is 36.4 Å². The highest BCUT2D eigenvalue weighted by Crippen LogP contribution is 2.30. The number of urea groups is 1. The summed E-state index contributed by atoms with van der Waals surface area (Å²) >= 11 is 0. The number of imide groups is 1. The van der Waals surface area contributed by atoms with Crippen molar-refractivity contribution < 1.29 is 19.1 Å². The molecule has 25 heavy (non-hydrogen) atoms. The molecule has 2 aromatic rings. The smallest absolute Gasteiger partial charge is 0.327 e. The van der Waals surface area contributed by atoms with Gasteiger partial charge in [-0.1, -0.05) is 36.4 Å². The number of rotatable bonds is 4. The van der Waals surface area contributed by atoms with Gasteiger partial charge in [0.2, 0.25) is 0 Å². The van der Waals surface area contributed by atoms with Crippen LogP contribution in [-0.4, -0.2) is 36.0 Å². The van der Waals surface area contributed by atoms with Crippen molar-refractivity contribution in [2.24, 2.45) is 0 Å². The quantitative estimate of drug-likeness (QED) is 0.676. The minimum absolute atomic E-state index is 0.426. The van der Waals surface area contributed by atoms with Crippen LogP contribution in [0.4, 0.5) is 4.79 Å². The molecule has 0 radical (unpaired) electrons. The van der Waals surface area contributed by atoms with Gasteiger partial charge < -0.3 is 10.1 Å². The molecule has 126 valence electrons. The van der Waals surface area contributed by atoms with E-state index in [0.29, 0.717) is 5.56 Å². The van der Waals surface area contributed by atoms with Gasteiger partial charge in [0.05, 0.1) is 0 Å². The number of hydrogen-bond acceptors (Lipinski definition) is 5. The lowest BCUT2D eigenvalue weighted by Crippen LogP contribution is -2.41. The van der Waals surface area contributed by atoms with Crippen molar-refractivity contribution in [1.29, 1.82) is 5.26 Å². The maximum atomic E-state index is 12.8. The van der Waals surface area contributed by atoms with Crippen LogP contribution in [0.25, 0.3) is 10.8 Å². The number of fused-ring (bicyclic) bond motifs is 1. The molecule has 0 unspecified atom stereocenters. The van der Waals surface area contributed by atoms with E-state index in [1.54, 1.807) is 19.1 Å². The van der Waals surface area contributed by atoms with Crippen molar-refractivity contribution in [1.82, 2.24) is 10.2 Å². The third kappa shape index (κ3) is 2.90. The zero-order valence-electron chi connectivity index (χ0n) is 13.5. The van der Waals surface area contributed by atoms with Gasteiger partial charge in [-0.25, -0.2) is 4.79 Å². The fourth-order valence-corrected chi connectivity index (χ4v) is 2.82. The highest BCUT2D eigenvalue weighted by molar-refractivity contribution is 6.09. The molecule has 1 heterocycles. The molecule has 1 aliphatic rings. The van der Waals surface area contributed by atoms with Gasteiger partial charge in [-0.3, -0.25) is 14.5 Å². The topological polar surface area (TPSA) is 99.5 Å². The molecule has 1 atom stereocenters. The first-order valence-electron chi connectivity index (χ1n) is 7.61. The Morgan fingerprint density at radius 1 is 1.24 bits per heavy atom. The largest absolute Gasteiger partial charge is 0.449 e. The molecule has 0 bridgehead atoms. The first-order valence-corrected chi connectivity index (χ1v) is 7.61. The Labute approximate surface area is 143 Å². The van der Waals surface area contributed by atoms with Crippen LogP contribution in [-0.2, 0) is 19.9 Å². The molecule has 2 aromatic carbocycles. The summed E-state index contributed by atoms with van der Waals surface area (Å²) in [6, 6.07) is 14.2. The Morgan fingerprint density at radius 3 is 2.68 bits per heavy atom. The van der Waals surface area contributed by atoms with E-state index < -0.39 is 36.6 Å². The van der Waals surface area contributed by atoms with Crippen LogP contribution in [0.5, 0.6) is 0 Å². The third-order valence-electron chi connectivity index (χ3n) is 4.19. The molecule has 1 saturated heterocycles. The molecular weight excluding hydrogens is 322 g/mol. The zero-order chi connectivity index (χ0) is 18.0. The molecule has 7 heteroatoms. The van der Waals surface area contributed by atoms with Crippen LogP contribution in [0, 0.1) is 11.3 Å². The van der Waals surface area contributed by atoms with Gasteiger partial charge in [0.15, 0.2) is 6.61 Å². The fraction of sp³-hybridized carbons (Fsp3) is 0.222. The Kier molecular flexibility index (Phi) is 4.11. The molecule has 0 aromatic heterocycles. The highest BCUT2D eigenvalue weighted by atomic mass is 16.5. The summed E-state index contributed by atoms with van der Waals surface area (Å²) in [5, 5.41) is 13.0. The normalized spacial score (nSPS) is 19.6. The predicted octanol–water partition coefficient (Wildman–Crippen LogP) is 1.67. The van der Waals surface area contributed by atoms with Gasteiger partial charge in [-0.2, -0.15) is 5.26 Å². The number of carbonyl (C=O) groups excluding carboxylic acids is 3. The van der Waals surface area contributed by atoms with Crippen LogP contribution < -0.4 is 5.32 Å². The number of carbonyl (C=O) groups is 3. The molecule has 0 spiro atoms. The first-order chi connectivity index (χ1) is 12.0. The lowest BCUT2D eigenvalue weighted by molar-refractivity contribution is -0.146. The van der Waals surface area contributed by atoms with Crippen molar-refractivity contribution in [3.8, 4) is 6.07 Å². The van der Waals surface area contributed by atoms with Gasteiger partial charge >= 0.3 is 12.0 Å². The zero-order valence-corrected chi connectivity index (χ0v) is 13.5. The molecule has 0 aliphatic carbocycles.